The minimum absolute atomic E-state index is 0.0461. The highest BCUT2D eigenvalue weighted by Crippen LogP contribution is 2.30. The van der Waals surface area contributed by atoms with E-state index in [1.54, 1.807) is 36.4 Å². The van der Waals surface area contributed by atoms with Gasteiger partial charge in [-0.15, -0.1) is 0 Å². The topological polar surface area (TPSA) is 92.5 Å². The normalized spacial score (nSPS) is 13.2. The minimum atomic E-state index is -1.17. The van der Waals surface area contributed by atoms with Gasteiger partial charge in [0.2, 0.25) is 0 Å². The molecule has 0 bridgehead atoms. The molecule has 0 saturated heterocycles. The number of benzene rings is 2. The van der Waals surface area contributed by atoms with Crippen molar-refractivity contribution in [1.82, 2.24) is 9.78 Å². The highest BCUT2D eigenvalue weighted by molar-refractivity contribution is 6.34. The van der Waals surface area contributed by atoms with Crippen LogP contribution < -0.4 is 4.90 Å². The number of aryl methyl sites for hydroxylation is 2. The highest BCUT2D eigenvalue weighted by Gasteiger charge is 2.36. The van der Waals surface area contributed by atoms with E-state index in [0.717, 1.165) is 16.3 Å². The van der Waals surface area contributed by atoms with Crippen LogP contribution in [0.1, 0.15) is 42.5 Å². The molecule has 7 nitrogen and oxygen atoms in total. The maximum absolute atomic E-state index is 12.6. The van der Waals surface area contributed by atoms with E-state index in [-0.39, 0.29) is 11.3 Å². The van der Waals surface area contributed by atoms with Crippen LogP contribution >= 0.6 is 0 Å². The summed E-state index contributed by atoms with van der Waals surface area (Å²) < 4.78 is 1.53. The van der Waals surface area contributed by atoms with Crippen LogP contribution in [0, 0.1) is 13.8 Å². The molecule has 0 atom stereocenters. The van der Waals surface area contributed by atoms with E-state index < -0.39 is 17.8 Å². The molecule has 0 radical (unpaired) electrons. The van der Waals surface area contributed by atoms with Gasteiger partial charge in [0, 0.05) is 5.69 Å². The summed E-state index contributed by atoms with van der Waals surface area (Å²) in [4.78, 5) is 38.1. The number of rotatable bonds is 3. The predicted octanol–water partition coefficient (Wildman–Crippen LogP) is 2.99. The smallest absolute Gasteiger partial charge is 0.337 e. The number of aromatic nitrogens is 2. The minimum Gasteiger partial charge on any atom is -0.478 e. The lowest BCUT2D eigenvalue weighted by atomic mass is 10.1. The second-order valence-corrected chi connectivity index (χ2v) is 6.34. The number of amides is 2. The lowest BCUT2D eigenvalue weighted by molar-refractivity contribution is 0.0695. The summed E-state index contributed by atoms with van der Waals surface area (Å²) in [5, 5.41) is 14.0. The van der Waals surface area contributed by atoms with Gasteiger partial charge in [-0.25, -0.2) is 14.4 Å². The molecule has 2 aromatic carbocycles. The summed E-state index contributed by atoms with van der Waals surface area (Å²) >= 11 is 0. The van der Waals surface area contributed by atoms with Crippen molar-refractivity contribution in [2.45, 2.75) is 13.8 Å². The zero-order valence-corrected chi connectivity index (χ0v) is 14.6. The van der Waals surface area contributed by atoms with Crippen molar-refractivity contribution in [2.75, 3.05) is 4.90 Å². The zero-order valence-electron chi connectivity index (χ0n) is 14.6. The third-order valence-corrected chi connectivity index (χ3v) is 4.50. The Labute approximate surface area is 154 Å². The molecule has 4 rings (SSSR count). The van der Waals surface area contributed by atoms with Gasteiger partial charge in [0.1, 0.15) is 0 Å². The summed E-state index contributed by atoms with van der Waals surface area (Å²) in [6.07, 6.45) is 0. The first-order chi connectivity index (χ1) is 12.9. The number of carboxylic acid groups (broad SMARTS) is 1. The van der Waals surface area contributed by atoms with E-state index in [9.17, 15) is 19.5 Å². The molecular weight excluding hydrogens is 346 g/mol. The Morgan fingerprint density at radius 2 is 1.59 bits per heavy atom. The first kappa shape index (κ1) is 16.7. The number of carbonyl (C=O) groups is 3. The molecule has 0 fully saturated rings. The number of aromatic carboxylic acids is 1. The van der Waals surface area contributed by atoms with Crippen LogP contribution in [0.15, 0.2) is 48.5 Å². The van der Waals surface area contributed by atoms with Crippen LogP contribution in [0.3, 0.4) is 0 Å². The quantitative estimate of drug-likeness (QED) is 0.724. The maximum atomic E-state index is 12.6. The summed E-state index contributed by atoms with van der Waals surface area (Å²) in [6.45, 7) is 3.64. The molecule has 1 aliphatic rings. The average Bonchev–Trinajstić information content (AvgIpc) is 3.11. The van der Waals surface area contributed by atoms with Crippen LogP contribution in [-0.2, 0) is 0 Å². The van der Waals surface area contributed by atoms with Crippen molar-refractivity contribution in [2.24, 2.45) is 0 Å². The molecule has 0 spiro atoms. The van der Waals surface area contributed by atoms with Crippen LogP contribution in [0.5, 0.6) is 0 Å². The van der Waals surface area contributed by atoms with Crippen LogP contribution in [0.4, 0.5) is 5.69 Å². The summed E-state index contributed by atoms with van der Waals surface area (Å²) in [5.74, 6) is -2.10. The Hall–Kier alpha value is -3.74. The van der Waals surface area contributed by atoms with Crippen LogP contribution in [-0.4, -0.2) is 32.7 Å². The Morgan fingerprint density at radius 3 is 2.11 bits per heavy atom. The molecule has 0 unspecified atom stereocenters. The fraction of sp³-hybridized carbons (Fsp3) is 0.100. The number of carboxylic acids is 1. The van der Waals surface area contributed by atoms with Gasteiger partial charge in [-0.2, -0.15) is 5.10 Å². The Bertz CT molecular complexity index is 1100. The van der Waals surface area contributed by atoms with Crippen LogP contribution in [0.25, 0.3) is 5.69 Å². The van der Waals surface area contributed by atoms with E-state index in [1.807, 2.05) is 19.9 Å². The van der Waals surface area contributed by atoms with Gasteiger partial charge in [0.15, 0.2) is 0 Å². The van der Waals surface area contributed by atoms with E-state index in [4.69, 9.17) is 0 Å². The predicted molar refractivity (Wildman–Crippen MR) is 97.6 cm³/mol. The molecule has 3 aromatic rings. The Kier molecular flexibility index (Phi) is 3.66. The molecule has 0 saturated carbocycles. The first-order valence-corrected chi connectivity index (χ1v) is 8.27. The Morgan fingerprint density at radius 1 is 0.963 bits per heavy atom. The van der Waals surface area contributed by atoms with Gasteiger partial charge in [0.25, 0.3) is 11.8 Å². The SMILES string of the molecule is Cc1cc(C)n(-c2ccc(N3C(=O)c4ccccc4C3=O)cc2C(=O)O)n1. The standard InChI is InChI=1S/C20H15N3O4/c1-11-9-12(2)23(21-11)17-8-7-13(10-16(17)20(26)27)22-18(24)14-5-3-4-6-15(14)19(22)25/h3-10H,1-2H3,(H,26,27). The summed E-state index contributed by atoms with van der Waals surface area (Å²) in [7, 11) is 0. The fourth-order valence-corrected chi connectivity index (χ4v) is 3.32. The monoisotopic (exact) mass is 361 g/mol. The van der Waals surface area contributed by atoms with Gasteiger partial charge in [-0.1, -0.05) is 12.1 Å². The highest BCUT2D eigenvalue weighted by atomic mass is 16.4. The zero-order chi connectivity index (χ0) is 19.3. The number of imide groups is 1. The lowest BCUT2D eigenvalue weighted by Crippen LogP contribution is -2.29. The number of hydrogen-bond donors (Lipinski definition) is 1. The molecule has 2 heterocycles. The van der Waals surface area contributed by atoms with E-state index >= 15 is 0 Å². The van der Waals surface area contributed by atoms with Gasteiger partial charge >= 0.3 is 5.97 Å². The largest absolute Gasteiger partial charge is 0.478 e. The van der Waals surface area contributed by atoms with E-state index in [2.05, 4.69) is 5.10 Å². The second-order valence-electron chi connectivity index (χ2n) is 6.34. The van der Waals surface area contributed by atoms with Crippen LogP contribution in [0.2, 0.25) is 0 Å². The number of carbonyl (C=O) groups excluding carboxylic acids is 2. The van der Waals surface area contributed by atoms with Crippen molar-refractivity contribution in [1.29, 1.82) is 0 Å². The molecule has 1 N–H and O–H groups in total. The van der Waals surface area contributed by atoms with Gasteiger partial charge in [-0.05, 0) is 50.2 Å². The number of fused-ring (bicyclic) bond motifs is 1. The third kappa shape index (κ3) is 2.52. The van der Waals surface area contributed by atoms with Crippen molar-refractivity contribution in [3.05, 3.63) is 76.6 Å². The van der Waals surface area contributed by atoms with E-state index in [0.29, 0.717) is 16.8 Å². The molecule has 1 aliphatic heterocycles. The second kappa shape index (κ2) is 5.91. The van der Waals surface area contributed by atoms with Crippen molar-refractivity contribution >= 4 is 23.5 Å². The third-order valence-electron chi connectivity index (χ3n) is 4.50. The van der Waals surface area contributed by atoms with Gasteiger partial charge in [0.05, 0.1) is 33.8 Å². The number of hydrogen-bond acceptors (Lipinski definition) is 4. The first-order valence-electron chi connectivity index (χ1n) is 8.27. The molecule has 1 aromatic heterocycles. The number of anilines is 1. The van der Waals surface area contributed by atoms with Crippen molar-refractivity contribution < 1.29 is 19.5 Å². The van der Waals surface area contributed by atoms with Gasteiger partial charge in [-0.3, -0.25) is 9.59 Å². The van der Waals surface area contributed by atoms with Gasteiger partial charge < -0.3 is 5.11 Å². The Balaban J connectivity index is 1.84. The molecule has 27 heavy (non-hydrogen) atoms. The molecule has 7 heteroatoms. The maximum Gasteiger partial charge on any atom is 0.337 e. The van der Waals surface area contributed by atoms with E-state index in [1.165, 1.54) is 10.7 Å². The van der Waals surface area contributed by atoms with Crippen molar-refractivity contribution in [3.8, 4) is 5.69 Å². The average molecular weight is 361 g/mol. The number of nitrogens with zero attached hydrogens (tertiary/aromatic N) is 3. The molecular formula is C20H15N3O4. The fourth-order valence-electron chi connectivity index (χ4n) is 3.32. The molecule has 0 aliphatic carbocycles. The molecule has 2 amide bonds. The molecule has 134 valence electrons. The lowest BCUT2D eigenvalue weighted by Gasteiger charge is -2.16. The summed E-state index contributed by atoms with van der Waals surface area (Å²) in [6, 6.07) is 12.8. The van der Waals surface area contributed by atoms with Crippen molar-refractivity contribution in [3.63, 3.8) is 0 Å². The summed E-state index contributed by atoms with van der Waals surface area (Å²) in [5.41, 5.74) is 2.69.